The molecular weight excluding hydrogens is 301 g/mol. The van der Waals surface area contributed by atoms with E-state index in [1.165, 1.54) is 31.4 Å². The van der Waals surface area contributed by atoms with Crippen LogP contribution in [0.1, 0.15) is 0 Å². The number of ether oxygens (including phenoxy) is 1. The molecule has 108 valence electrons. The highest BCUT2D eigenvalue weighted by molar-refractivity contribution is 7.71. The van der Waals surface area contributed by atoms with Gasteiger partial charge in [-0.15, -0.1) is 0 Å². The van der Waals surface area contributed by atoms with Gasteiger partial charge in [0.05, 0.1) is 18.3 Å². The van der Waals surface area contributed by atoms with Gasteiger partial charge in [-0.1, -0.05) is 0 Å². The van der Waals surface area contributed by atoms with Crippen LogP contribution in [0, 0.1) is 22.2 Å². The Kier molecular flexibility index (Phi) is 3.21. The molecule has 3 aromatic rings. The van der Waals surface area contributed by atoms with Gasteiger partial charge in [0.1, 0.15) is 17.1 Å². The zero-order valence-electron chi connectivity index (χ0n) is 10.8. The number of halogens is 3. The molecule has 0 spiro atoms. The number of H-pyrrole nitrogens is 1. The predicted octanol–water partition coefficient (Wildman–Crippen LogP) is 4.11. The maximum atomic E-state index is 14.1. The standard InChI is InChI=1S/C14H9F3N2OS/c1-20-7-2-3-8(15)11(6-7)19-13-10(18-14(19)21)5-4-9(16)12(13)17/h2-6H,1H3,(H,18,21). The van der Waals surface area contributed by atoms with E-state index in [0.717, 1.165) is 10.6 Å². The van der Waals surface area contributed by atoms with Gasteiger partial charge in [-0.3, -0.25) is 4.57 Å². The molecule has 3 nitrogen and oxygen atoms in total. The monoisotopic (exact) mass is 310 g/mol. The molecule has 1 aromatic heterocycles. The molecule has 7 heteroatoms. The topological polar surface area (TPSA) is 29.9 Å². The van der Waals surface area contributed by atoms with Crippen molar-refractivity contribution in [2.24, 2.45) is 0 Å². The summed E-state index contributed by atoms with van der Waals surface area (Å²) in [5.74, 6) is -2.38. The molecule has 0 amide bonds. The Hall–Kier alpha value is -2.28. The summed E-state index contributed by atoms with van der Waals surface area (Å²) in [5, 5.41) is 0. The number of hydrogen-bond donors (Lipinski definition) is 1. The van der Waals surface area contributed by atoms with E-state index in [1.54, 1.807) is 0 Å². The number of nitrogens with one attached hydrogen (secondary N) is 1. The summed E-state index contributed by atoms with van der Waals surface area (Å²) < 4.78 is 47.7. The van der Waals surface area contributed by atoms with Gasteiger partial charge in [0.25, 0.3) is 0 Å². The number of methoxy groups -OCH3 is 1. The van der Waals surface area contributed by atoms with Gasteiger partial charge >= 0.3 is 0 Å². The maximum Gasteiger partial charge on any atom is 0.184 e. The summed E-state index contributed by atoms with van der Waals surface area (Å²) in [5.41, 5.74) is 0.114. The lowest BCUT2D eigenvalue weighted by Gasteiger charge is -2.09. The van der Waals surface area contributed by atoms with Crippen molar-refractivity contribution in [1.82, 2.24) is 9.55 Å². The summed E-state index contributed by atoms with van der Waals surface area (Å²) in [6.45, 7) is 0. The van der Waals surface area contributed by atoms with E-state index in [1.807, 2.05) is 0 Å². The van der Waals surface area contributed by atoms with Gasteiger partial charge in [0, 0.05) is 6.07 Å². The third-order valence-corrected chi connectivity index (χ3v) is 3.42. The van der Waals surface area contributed by atoms with E-state index in [4.69, 9.17) is 17.0 Å². The second-order valence-electron chi connectivity index (χ2n) is 4.34. The summed E-state index contributed by atoms with van der Waals surface area (Å²) >= 11 is 5.09. The normalized spacial score (nSPS) is 11.0. The maximum absolute atomic E-state index is 14.1. The van der Waals surface area contributed by atoms with Crippen molar-refractivity contribution >= 4 is 23.3 Å². The summed E-state index contributed by atoms with van der Waals surface area (Å²) in [6.07, 6.45) is 0. The van der Waals surface area contributed by atoms with Crippen LogP contribution in [-0.4, -0.2) is 16.7 Å². The van der Waals surface area contributed by atoms with Crippen LogP contribution in [0.15, 0.2) is 30.3 Å². The Morgan fingerprint density at radius 2 is 1.81 bits per heavy atom. The van der Waals surface area contributed by atoms with E-state index in [9.17, 15) is 13.2 Å². The Balaban J connectivity index is 2.43. The van der Waals surface area contributed by atoms with Crippen LogP contribution in [0.4, 0.5) is 13.2 Å². The molecule has 0 bridgehead atoms. The lowest BCUT2D eigenvalue weighted by atomic mass is 10.2. The second-order valence-corrected chi connectivity index (χ2v) is 4.73. The summed E-state index contributed by atoms with van der Waals surface area (Å²) in [7, 11) is 1.42. The first-order chi connectivity index (χ1) is 10.0. The molecule has 0 aliphatic carbocycles. The Morgan fingerprint density at radius 3 is 2.52 bits per heavy atom. The molecule has 0 atom stereocenters. The zero-order valence-corrected chi connectivity index (χ0v) is 11.6. The van der Waals surface area contributed by atoms with E-state index in [0.29, 0.717) is 5.75 Å². The van der Waals surface area contributed by atoms with Crippen molar-refractivity contribution in [3.05, 3.63) is 52.6 Å². The van der Waals surface area contributed by atoms with E-state index >= 15 is 0 Å². The van der Waals surface area contributed by atoms with Gasteiger partial charge in [-0.2, -0.15) is 0 Å². The van der Waals surface area contributed by atoms with Crippen molar-refractivity contribution in [3.8, 4) is 11.4 Å². The number of rotatable bonds is 2. The molecule has 0 fully saturated rings. The molecule has 1 N–H and O–H groups in total. The fourth-order valence-electron chi connectivity index (χ4n) is 2.15. The number of aromatic nitrogens is 2. The van der Waals surface area contributed by atoms with Crippen molar-refractivity contribution < 1.29 is 17.9 Å². The smallest absolute Gasteiger partial charge is 0.184 e. The van der Waals surface area contributed by atoms with Gasteiger partial charge < -0.3 is 9.72 Å². The summed E-state index contributed by atoms with van der Waals surface area (Å²) in [6, 6.07) is 6.29. The fraction of sp³-hybridized carbons (Fsp3) is 0.0714. The third-order valence-electron chi connectivity index (χ3n) is 3.13. The van der Waals surface area contributed by atoms with Gasteiger partial charge in [-0.25, -0.2) is 13.2 Å². The predicted molar refractivity (Wildman–Crippen MR) is 74.9 cm³/mol. The molecule has 0 saturated carbocycles. The Morgan fingerprint density at radius 1 is 1.10 bits per heavy atom. The quantitative estimate of drug-likeness (QED) is 0.722. The molecule has 0 radical (unpaired) electrons. The fourth-order valence-corrected chi connectivity index (χ4v) is 2.45. The van der Waals surface area contributed by atoms with Crippen LogP contribution < -0.4 is 4.74 Å². The van der Waals surface area contributed by atoms with E-state index in [2.05, 4.69) is 4.98 Å². The number of aromatic amines is 1. The van der Waals surface area contributed by atoms with Crippen LogP contribution in [-0.2, 0) is 0 Å². The lowest BCUT2D eigenvalue weighted by molar-refractivity contribution is 0.413. The molecule has 0 aliphatic heterocycles. The lowest BCUT2D eigenvalue weighted by Crippen LogP contribution is -2.01. The first-order valence-corrected chi connectivity index (χ1v) is 6.36. The van der Waals surface area contributed by atoms with Crippen LogP contribution in [0.2, 0.25) is 0 Å². The van der Waals surface area contributed by atoms with Gasteiger partial charge in [0.15, 0.2) is 16.4 Å². The molecule has 0 saturated heterocycles. The first kappa shape index (κ1) is 13.7. The molecule has 2 aromatic carbocycles. The average Bonchev–Trinajstić information content (AvgIpc) is 2.81. The van der Waals surface area contributed by atoms with Crippen LogP contribution in [0.3, 0.4) is 0 Å². The first-order valence-electron chi connectivity index (χ1n) is 5.95. The van der Waals surface area contributed by atoms with Gasteiger partial charge in [0.2, 0.25) is 0 Å². The van der Waals surface area contributed by atoms with Crippen LogP contribution in [0.25, 0.3) is 16.7 Å². The average molecular weight is 310 g/mol. The SMILES string of the molecule is COc1ccc(F)c(-n2c(=S)[nH]c3ccc(F)c(F)c32)c1. The zero-order chi connectivity index (χ0) is 15.1. The number of fused-ring (bicyclic) bond motifs is 1. The van der Waals surface area contributed by atoms with Crippen molar-refractivity contribution in [1.29, 1.82) is 0 Å². The minimum atomic E-state index is -1.10. The minimum absolute atomic E-state index is 0.0184. The number of nitrogens with zero attached hydrogens (tertiary/aromatic N) is 1. The number of imidazole rings is 1. The Bertz CT molecular complexity index is 901. The number of hydrogen-bond acceptors (Lipinski definition) is 2. The minimum Gasteiger partial charge on any atom is -0.497 e. The van der Waals surface area contributed by atoms with Crippen molar-refractivity contribution in [2.45, 2.75) is 0 Å². The molecule has 0 unspecified atom stereocenters. The van der Waals surface area contributed by atoms with Crippen molar-refractivity contribution in [2.75, 3.05) is 7.11 Å². The highest BCUT2D eigenvalue weighted by atomic mass is 32.1. The highest BCUT2D eigenvalue weighted by Crippen LogP contribution is 2.27. The second kappa shape index (κ2) is 4.92. The molecule has 21 heavy (non-hydrogen) atoms. The van der Waals surface area contributed by atoms with Gasteiger partial charge in [-0.05, 0) is 36.5 Å². The molecule has 3 rings (SSSR count). The largest absolute Gasteiger partial charge is 0.497 e. The molecule has 1 heterocycles. The van der Waals surface area contributed by atoms with Crippen LogP contribution >= 0.6 is 12.2 Å². The summed E-state index contributed by atoms with van der Waals surface area (Å²) in [4.78, 5) is 2.72. The van der Waals surface area contributed by atoms with E-state index < -0.39 is 17.5 Å². The molecular formula is C14H9F3N2OS. The number of benzene rings is 2. The Labute approximate surface area is 122 Å². The van der Waals surface area contributed by atoms with Crippen LogP contribution in [0.5, 0.6) is 5.75 Å². The van der Waals surface area contributed by atoms with E-state index in [-0.39, 0.29) is 21.5 Å². The highest BCUT2D eigenvalue weighted by Gasteiger charge is 2.17. The van der Waals surface area contributed by atoms with Crippen molar-refractivity contribution in [3.63, 3.8) is 0 Å². The third kappa shape index (κ3) is 2.09. The molecule has 0 aliphatic rings.